The van der Waals surface area contributed by atoms with Crippen LogP contribution in [0, 0.1) is 5.92 Å². The Labute approximate surface area is 123 Å². The van der Waals surface area contributed by atoms with E-state index in [4.69, 9.17) is 0 Å². The third-order valence-electron chi connectivity index (χ3n) is 4.87. The Bertz CT molecular complexity index is 229. The highest BCUT2D eigenvalue weighted by atomic mass is 32.2. The van der Waals surface area contributed by atoms with Crippen LogP contribution in [-0.2, 0) is 0 Å². The van der Waals surface area contributed by atoms with Crippen LogP contribution in [0.5, 0.6) is 0 Å². The molecule has 3 unspecified atom stereocenters. The van der Waals surface area contributed by atoms with Gasteiger partial charge < -0.3 is 10.6 Å². The van der Waals surface area contributed by atoms with Gasteiger partial charge in [-0.25, -0.2) is 0 Å². The molecule has 1 aliphatic heterocycles. The van der Waals surface area contributed by atoms with Gasteiger partial charge in [0.05, 0.1) is 0 Å². The number of nitrogens with one attached hydrogen (secondary N) is 2. The topological polar surface area (TPSA) is 24.1 Å². The van der Waals surface area contributed by atoms with Crippen LogP contribution in [0.15, 0.2) is 0 Å². The standard InChI is InChI=1S/C16H32N2S/c1-19-13-5-3-2-4-11-17-15-9-6-8-14(15)16-10-7-12-18-16/h14-18H,2-13H2,1H3. The van der Waals surface area contributed by atoms with Gasteiger partial charge in [-0.1, -0.05) is 19.3 Å². The predicted molar refractivity (Wildman–Crippen MR) is 87.0 cm³/mol. The van der Waals surface area contributed by atoms with Crippen LogP contribution in [0.3, 0.4) is 0 Å². The van der Waals surface area contributed by atoms with Crippen molar-refractivity contribution in [3.8, 4) is 0 Å². The summed E-state index contributed by atoms with van der Waals surface area (Å²) in [4.78, 5) is 0. The van der Waals surface area contributed by atoms with Crippen LogP contribution in [0.25, 0.3) is 0 Å². The van der Waals surface area contributed by atoms with Gasteiger partial charge in [0, 0.05) is 12.1 Å². The normalized spacial score (nSPS) is 31.1. The number of unbranched alkanes of at least 4 members (excludes halogenated alkanes) is 3. The molecular weight excluding hydrogens is 252 g/mol. The molecule has 112 valence electrons. The molecule has 2 aliphatic rings. The van der Waals surface area contributed by atoms with Crippen molar-refractivity contribution in [1.82, 2.24) is 10.6 Å². The monoisotopic (exact) mass is 284 g/mol. The van der Waals surface area contributed by atoms with Crippen LogP contribution in [0.1, 0.15) is 57.8 Å². The first-order chi connectivity index (χ1) is 9.42. The van der Waals surface area contributed by atoms with E-state index in [0.717, 1.165) is 18.0 Å². The zero-order valence-electron chi connectivity index (χ0n) is 12.6. The maximum atomic E-state index is 3.85. The molecule has 1 saturated carbocycles. The summed E-state index contributed by atoms with van der Waals surface area (Å²) in [5, 5.41) is 7.57. The van der Waals surface area contributed by atoms with E-state index in [2.05, 4.69) is 16.9 Å². The molecule has 2 rings (SSSR count). The molecule has 0 amide bonds. The summed E-state index contributed by atoms with van der Waals surface area (Å²) >= 11 is 1.98. The summed E-state index contributed by atoms with van der Waals surface area (Å²) < 4.78 is 0. The SMILES string of the molecule is CSCCCCCCNC1CCCC1C1CCCN1. The van der Waals surface area contributed by atoms with Crippen LogP contribution >= 0.6 is 11.8 Å². The summed E-state index contributed by atoms with van der Waals surface area (Å²) in [5.41, 5.74) is 0. The summed E-state index contributed by atoms with van der Waals surface area (Å²) in [6.45, 7) is 2.50. The van der Waals surface area contributed by atoms with Crippen molar-refractivity contribution in [2.75, 3.05) is 25.1 Å². The molecule has 2 fully saturated rings. The van der Waals surface area contributed by atoms with E-state index in [1.165, 1.54) is 76.6 Å². The first-order valence-corrected chi connectivity index (χ1v) is 9.77. The lowest BCUT2D eigenvalue weighted by molar-refractivity contribution is 0.319. The first-order valence-electron chi connectivity index (χ1n) is 8.37. The Morgan fingerprint density at radius 1 is 1.05 bits per heavy atom. The summed E-state index contributed by atoms with van der Waals surface area (Å²) in [6.07, 6.45) is 14.9. The molecule has 19 heavy (non-hydrogen) atoms. The minimum Gasteiger partial charge on any atom is -0.314 e. The van der Waals surface area contributed by atoms with Gasteiger partial charge >= 0.3 is 0 Å². The lowest BCUT2D eigenvalue weighted by atomic mass is 9.93. The smallest absolute Gasteiger partial charge is 0.0111 e. The van der Waals surface area contributed by atoms with Gasteiger partial charge in [-0.15, -0.1) is 0 Å². The van der Waals surface area contributed by atoms with Gasteiger partial charge in [0.15, 0.2) is 0 Å². The van der Waals surface area contributed by atoms with Crippen molar-refractivity contribution >= 4 is 11.8 Å². The molecule has 0 aromatic heterocycles. The molecule has 0 aromatic rings. The molecule has 3 atom stereocenters. The second-order valence-electron chi connectivity index (χ2n) is 6.27. The van der Waals surface area contributed by atoms with E-state index >= 15 is 0 Å². The quantitative estimate of drug-likeness (QED) is 0.634. The average Bonchev–Trinajstić information content (AvgIpc) is 3.08. The van der Waals surface area contributed by atoms with E-state index in [1.54, 1.807) is 0 Å². The van der Waals surface area contributed by atoms with E-state index in [1.807, 2.05) is 11.8 Å². The molecule has 0 radical (unpaired) electrons. The molecule has 2 N–H and O–H groups in total. The summed E-state index contributed by atoms with van der Waals surface area (Å²) in [5.74, 6) is 2.25. The zero-order valence-corrected chi connectivity index (χ0v) is 13.4. The van der Waals surface area contributed by atoms with Gasteiger partial charge in [-0.3, -0.25) is 0 Å². The Morgan fingerprint density at radius 2 is 1.95 bits per heavy atom. The highest BCUT2D eigenvalue weighted by molar-refractivity contribution is 7.98. The lowest BCUT2D eigenvalue weighted by Crippen LogP contribution is -2.42. The highest BCUT2D eigenvalue weighted by Gasteiger charge is 2.34. The fraction of sp³-hybridized carbons (Fsp3) is 1.00. The third-order valence-corrected chi connectivity index (χ3v) is 5.56. The van der Waals surface area contributed by atoms with Crippen LogP contribution in [-0.4, -0.2) is 37.2 Å². The Balaban J connectivity index is 1.54. The number of hydrogen-bond acceptors (Lipinski definition) is 3. The van der Waals surface area contributed by atoms with Gasteiger partial charge in [0.1, 0.15) is 0 Å². The first kappa shape index (κ1) is 15.7. The zero-order chi connectivity index (χ0) is 13.3. The predicted octanol–water partition coefficient (Wildman–Crippen LogP) is 3.42. The van der Waals surface area contributed by atoms with E-state index in [0.29, 0.717) is 0 Å². The highest BCUT2D eigenvalue weighted by Crippen LogP contribution is 2.31. The van der Waals surface area contributed by atoms with Gasteiger partial charge in [0.2, 0.25) is 0 Å². The Morgan fingerprint density at radius 3 is 2.74 bits per heavy atom. The number of hydrogen-bond donors (Lipinski definition) is 2. The van der Waals surface area contributed by atoms with Crippen molar-refractivity contribution in [3.05, 3.63) is 0 Å². The largest absolute Gasteiger partial charge is 0.314 e. The van der Waals surface area contributed by atoms with E-state index in [9.17, 15) is 0 Å². The van der Waals surface area contributed by atoms with Gasteiger partial charge in [-0.2, -0.15) is 11.8 Å². The fourth-order valence-corrected chi connectivity index (χ4v) is 4.31. The molecule has 0 spiro atoms. The fourth-order valence-electron chi connectivity index (χ4n) is 3.81. The molecule has 1 saturated heterocycles. The lowest BCUT2D eigenvalue weighted by Gasteiger charge is -2.26. The van der Waals surface area contributed by atoms with Crippen molar-refractivity contribution in [2.24, 2.45) is 5.92 Å². The molecule has 0 aromatic carbocycles. The summed E-state index contributed by atoms with van der Waals surface area (Å²) in [6, 6.07) is 1.63. The Hall–Kier alpha value is 0.270. The molecule has 3 heteroatoms. The molecule has 1 aliphatic carbocycles. The van der Waals surface area contributed by atoms with Crippen molar-refractivity contribution < 1.29 is 0 Å². The molecule has 1 heterocycles. The van der Waals surface area contributed by atoms with Crippen LogP contribution in [0.2, 0.25) is 0 Å². The maximum absolute atomic E-state index is 3.85. The van der Waals surface area contributed by atoms with E-state index in [-0.39, 0.29) is 0 Å². The molecule has 2 nitrogen and oxygen atoms in total. The second-order valence-corrected chi connectivity index (χ2v) is 7.25. The summed E-state index contributed by atoms with van der Waals surface area (Å²) in [7, 11) is 0. The van der Waals surface area contributed by atoms with Crippen molar-refractivity contribution in [3.63, 3.8) is 0 Å². The van der Waals surface area contributed by atoms with Gasteiger partial charge in [-0.05, 0) is 69.5 Å². The van der Waals surface area contributed by atoms with Crippen LogP contribution < -0.4 is 10.6 Å². The van der Waals surface area contributed by atoms with Crippen molar-refractivity contribution in [2.45, 2.75) is 69.9 Å². The third kappa shape index (κ3) is 5.28. The Kier molecular flexibility index (Phi) is 7.62. The minimum atomic E-state index is 0.807. The molecular formula is C16H32N2S. The van der Waals surface area contributed by atoms with Crippen LogP contribution in [0.4, 0.5) is 0 Å². The van der Waals surface area contributed by atoms with Gasteiger partial charge in [0.25, 0.3) is 0 Å². The number of thioether (sulfide) groups is 1. The molecule has 0 bridgehead atoms. The maximum Gasteiger partial charge on any atom is 0.0111 e. The van der Waals surface area contributed by atoms with E-state index < -0.39 is 0 Å². The van der Waals surface area contributed by atoms with Crippen molar-refractivity contribution in [1.29, 1.82) is 0 Å². The minimum absolute atomic E-state index is 0.807. The number of rotatable bonds is 9. The second kappa shape index (κ2) is 9.25. The average molecular weight is 285 g/mol.